The molecule has 2 rings (SSSR count). The van der Waals surface area contributed by atoms with E-state index < -0.39 is 0 Å². The van der Waals surface area contributed by atoms with Crippen molar-refractivity contribution in [2.75, 3.05) is 14.2 Å². The first-order valence-electron chi connectivity index (χ1n) is 6.57. The summed E-state index contributed by atoms with van der Waals surface area (Å²) >= 11 is 0. The first kappa shape index (κ1) is 14.5. The molecule has 1 aromatic carbocycles. The number of ether oxygens (including phenoxy) is 1. The Hall–Kier alpha value is -1.94. The Labute approximate surface area is 118 Å². The number of pyridine rings is 1. The number of methoxy groups -OCH3 is 1. The van der Waals surface area contributed by atoms with Gasteiger partial charge in [-0.2, -0.15) is 0 Å². The van der Waals surface area contributed by atoms with Crippen LogP contribution in [0, 0.1) is 12.7 Å². The number of hydrogen-bond acceptors (Lipinski definition) is 3. The lowest BCUT2D eigenvalue weighted by molar-refractivity contribution is 0.383. The van der Waals surface area contributed by atoms with E-state index in [2.05, 4.69) is 10.3 Å². The third-order valence-electron chi connectivity index (χ3n) is 3.36. The molecule has 0 aliphatic heterocycles. The van der Waals surface area contributed by atoms with E-state index in [0.29, 0.717) is 12.0 Å². The van der Waals surface area contributed by atoms with Crippen LogP contribution in [-0.2, 0) is 6.42 Å². The van der Waals surface area contributed by atoms with Gasteiger partial charge in [-0.3, -0.25) is 4.98 Å². The van der Waals surface area contributed by atoms with Gasteiger partial charge in [0, 0.05) is 17.9 Å². The van der Waals surface area contributed by atoms with Gasteiger partial charge in [-0.05, 0) is 49.7 Å². The largest absolute Gasteiger partial charge is 0.494 e. The first-order chi connectivity index (χ1) is 9.65. The summed E-state index contributed by atoms with van der Waals surface area (Å²) in [6.07, 6.45) is 2.33. The van der Waals surface area contributed by atoms with Crippen LogP contribution in [0.3, 0.4) is 0 Å². The van der Waals surface area contributed by atoms with Crippen LogP contribution in [0.5, 0.6) is 5.75 Å². The molecule has 4 heteroatoms. The fourth-order valence-electron chi connectivity index (χ4n) is 2.26. The zero-order chi connectivity index (χ0) is 14.5. The van der Waals surface area contributed by atoms with Gasteiger partial charge < -0.3 is 10.1 Å². The molecule has 0 amide bonds. The molecule has 106 valence electrons. The van der Waals surface area contributed by atoms with Gasteiger partial charge in [0.15, 0.2) is 11.6 Å². The van der Waals surface area contributed by atoms with Gasteiger partial charge in [0.2, 0.25) is 0 Å². The molecule has 3 nitrogen and oxygen atoms in total. The van der Waals surface area contributed by atoms with Crippen molar-refractivity contribution in [2.24, 2.45) is 0 Å². The Morgan fingerprint density at radius 1 is 1.35 bits per heavy atom. The molecular formula is C16H19FN2O. The highest BCUT2D eigenvalue weighted by molar-refractivity contribution is 5.33. The minimum Gasteiger partial charge on any atom is -0.494 e. The monoisotopic (exact) mass is 274 g/mol. The molecule has 1 unspecified atom stereocenters. The number of likely N-dealkylation sites (N-methyl/N-ethyl adjacent to an activating group) is 1. The maximum absolute atomic E-state index is 14.2. The van der Waals surface area contributed by atoms with E-state index >= 15 is 0 Å². The van der Waals surface area contributed by atoms with Gasteiger partial charge in [-0.15, -0.1) is 0 Å². The number of nitrogens with one attached hydrogen (secondary N) is 1. The van der Waals surface area contributed by atoms with Crippen LogP contribution in [0.4, 0.5) is 4.39 Å². The number of benzene rings is 1. The molecule has 1 aromatic heterocycles. The summed E-state index contributed by atoms with van der Waals surface area (Å²) in [5.41, 5.74) is 2.69. The summed E-state index contributed by atoms with van der Waals surface area (Å²) in [7, 11) is 3.35. The molecule has 1 atom stereocenters. The van der Waals surface area contributed by atoms with E-state index in [1.807, 2.05) is 32.2 Å². The minimum absolute atomic E-state index is 0.0401. The minimum atomic E-state index is -0.291. The standard InChI is InChI=1S/C16H19FN2O/c1-11-9-12(7-8-19-11)14(18-2)10-13-5-4-6-15(20-3)16(13)17/h4-9,14,18H,10H2,1-3H3. The molecule has 20 heavy (non-hydrogen) atoms. The molecule has 0 aliphatic rings. The van der Waals surface area contributed by atoms with Crippen molar-refractivity contribution in [3.8, 4) is 5.75 Å². The van der Waals surface area contributed by atoms with E-state index in [4.69, 9.17) is 4.74 Å². The van der Waals surface area contributed by atoms with Gasteiger partial charge in [0.05, 0.1) is 7.11 Å². The Bertz CT molecular complexity index is 586. The summed E-state index contributed by atoms with van der Waals surface area (Å²) < 4.78 is 19.2. The van der Waals surface area contributed by atoms with Crippen molar-refractivity contribution >= 4 is 0 Å². The van der Waals surface area contributed by atoms with Crippen molar-refractivity contribution in [3.05, 3.63) is 59.2 Å². The van der Waals surface area contributed by atoms with Crippen molar-refractivity contribution < 1.29 is 9.13 Å². The van der Waals surface area contributed by atoms with Crippen LogP contribution in [0.15, 0.2) is 36.5 Å². The van der Waals surface area contributed by atoms with E-state index in [1.54, 1.807) is 18.3 Å². The first-order valence-corrected chi connectivity index (χ1v) is 6.57. The van der Waals surface area contributed by atoms with Crippen LogP contribution >= 0.6 is 0 Å². The summed E-state index contributed by atoms with van der Waals surface area (Å²) in [6.45, 7) is 1.95. The predicted molar refractivity (Wildman–Crippen MR) is 77.4 cm³/mol. The molecule has 1 heterocycles. The maximum atomic E-state index is 14.2. The molecule has 0 saturated carbocycles. The topological polar surface area (TPSA) is 34.1 Å². The van der Waals surface area contributed by atoms with Crippen LogP contribution < -0.4 is 10.1 Å². The second-order valence-corrected chi connectivity index (χ2v) is 4.71. The van der Waals surface area contributed by atoms with E-state index in [0.717, 1.165) is 11.3 Å². The zero-order valence-corrected chi connectivity index (χ0v) is 12.0. The molecule has 2 aromatic rings. The van der Waals surface area contributed by atoms with Gasteiger partial charge in [0.1, 0.15) is 0 Å². The lowest BCUT2D eigenvalue weighted by atomic mass is 9.98. The predicted octanol–water partition coefficient (Wildman–Crippen LogP) is 3.04. The number of halogens is 1. The van der Waals surface area contributed by atoms with Crippen LogP contribution in [0.25, 0.3) is 0 Å². The van der Waals surface area contributed by atoms with Crippen molar-refractivity contribution in [2.45, 2.75) is 19.4 Å². The van der Waals surface area contributed by atoms with E-state index in [9.17, 15) is 4.39 Å². The molecule has 0 fully saturated rings. The number of aromatic nitrogens is 1. The molecule has 0 spiro atoms. The number of rotatable bonds is 5. The van der Waals surface area contributed by atoms with Crippen LogP contribution in [0.1, 0.15) is 22.9 Å². The fourth-order valence-corrected chi connectivity index (χ4v) is 2.26. The van der Waals surface area contributed by atoms with Crippen molar-refractivity contribution in [1.29, 1.82) is 0 Å². The Balaban J connectivity index is 2.27. The molecule has 0 bridgehead atoms. The molecule has 1 N–H and O–H groups in total. The number of aryl methyl sites for hydroxylation is 1. The highest BCUT2D eigenvalue weighted by Gasteiger charge is 2.15. The number of nitrogens with zero attached hydrogens (tertiary/aromatic N) is 1. The van der Waals surface area contributed by atoms with E-state index in [1.165, 1.54) is 7.11 Å². The fraction of sp³-hybridized carbons (Fsp3) is 0.312. The quantitative estimate of drug-likeness (QED) is 0.910. The SMILES string of the molecule is CNC(Cc1cccc(OC)c1F)c1ccnc(C)c1. The lowest BCUT2D eigenvalue weighted by Crippen LogP contribution is -2.19. The normalized spacial score (nSPS) is 12.2. The highest BCUT2D eigenvalue weighted by Crippen LogP contribution is 2.25. The van der Waals surface area contributed by atoms with Crippen molar-refractivity contribution in [1.82, 2.24) is 10.3 Å². The second kappa shape index (κ2) is 6.48. The molecule has 0 aliphatic carbocycles. The summed E-state index contributed by atoms with van der Waals surface area (Å²) in [5.74, 6) is -0.00992. The zero-order valence-electron chi connectivity index (χ0n) is 12.0. The second-order valence-electron chi connectivity index (χ2n) is 4.71. The maximum Gasteiger partial charge on any atom is 0.168 e. The molecule has 0 radical (unpaired) electrons. The van der Waals surface area contributed by atoms with Crippen molar-refractivity contribution in [3.63, 3.8) is 0 Å². The van der Waals surface area contributed by atoms with Gasteiger partial charge in [-0.25, -0.2) is 4.39 Å². The summed E-state index contributed by atoms with van der Waals surface area (Å²) in [5, 5.41) is 3.22. The Kier molecular flexibility index (Phi) is 4.69. The summed E-state index contributed by atoms with van der Waals surface area (Å²) in [4.78, 5) is 4.19. The van der Waals surface area contributed by atoms with Crippen LogP contribution in [-0.4, -0.2) is 19.1 Å². The number of hydrogen-bond donors (Lipinski definition) is 1. The average molecular weight is 274 g/mol. The Morgan fingerprint density at radius 3 is 2.80 bits per heavy atom. The molecular weight excluding hydrogens is 255 g/mol. The van der Waals surface area contributed by atoms with Gasteiger partial charge in [-0.1, -0.05) is 12.1 Å². The Morgan fingerprint density at radius 2 is 2.15 bits per heavy atom. The third-order valence-corrected chi connectivity index (χ3v) is 3.36. The van der Waals surface area contributed by atoms with E-state index in [-0.39, 0.29) is 17.6 Å². The van der Waals surface area contributed by atoms with Gasteiger partial charge in [0.25, 0.3) is 0 Å². The summed E-state index contributed by atoms with van der Waals surface area (Å²) in [6, 6.07) is 9.23. The van der Waals surface area contributed by atoms with Gasteiger partial charge >= 0.3 is 0 Å². The smallest absolute Gasteiger partial charge is 0.168 e. The molecule has 0 saturated heterocycles. The third kappa shape index (κ3) is 3.14. The highest BCUT2D eigenvalue weighted by atomic mass is 19.1. The van der Waals surface area contributed by atoms with Crippen LogP contribution in [0.2, 0.25) is 0 Å². The lowest BCUT2D eigenvalue weighted by Gasteiger charge is -2.18. The average Bonchev–Trinajstić information content (AvgIpc) is 2.46.